The smallest absolute Gasteiger partial charge is 0.266 e. The molecule has 0 saturated heterocycles. The Balaban J connectivity index is 1.62. The summed E-state index contributed by atoms with van der Waals surface area (Å²) in [5.74, 6) is -1.17. The first-order chi connectivity index (χ1) is 12.5. The van der Waals surface area contributed by atoms with E-state index in [9.17, 15) is 13.6 Å². The Labute approximate surface area is 151 Å². The van der Waals surface area contributed by atoms with E-state index in [4.69, 9.17) is 0 Å². The number of nitrogens with one attached hydrogen (secondary N) is 1. The topological polar surface area (TPSA) is 46.9 Å². The number of fused-ring (bicyclic) bond motifs is 1. The van der Waals surface area contributed by atoms with Crippen LogP contribution in [0.4, 0.5) is 14.5 Å². The number of anilines is 1. The maximum absolute atomic E-state index is 14.3. The van der Waals surface area contributed by atoms with Crippen molar-refractivity contribution in [1.29, 1.82) is 0 Å². The van der Waals surface area contributed by atoms with E-state index in [1.807, 2.05) is 0 Å². The van der Waals surface area contributed by atoms with Crippen LogP contribution >= 0.6 is 11.3 Å². The van der Waals surface area contributed by atoms with Gasteiger partial charge in [-0.2, -0.15) is 0 Å². The number of benzene rings is 2. The quantitative estimate of drug-likeness (QED) is 0.557. The van der Waals surface area contributed by atoms with Gasteiger partial charge in [0, 0.05) is 22.8 Å². The van der Waals surface area contributed by atoms with Gasteiger partial charge in [0.1, 0.15) is 11.6 Å². The van der Waals surface area contributed by atoms with Crippen LogP contribution in [0, 0.1) is 18.6 Å². The fourth-order valence-corrected chi connectivity index (χ4v) is 3.88. The Kier molecular flexibility index (Phi) is 4.00. The number of rotatable bonds is 3. The molecule has 0 aliphatic rings. The van der Waals surface area contributed by atoms with Gasteiger partial charge in [0.25, 0.3) is 5.91 Å². The number of thiophene rings is 1. The van der Waals surface area contributed by atoms with Crippen LogP contribution in [0.15, 0.2) is 55.1 Å². The summed E-state index contributed by atoms with van der Waals surface area (Å²) in [5, 5.41) is 3.41. The molecule has 4 rings (SSSR count). The molecule has 0 aliphatic heterocycles. The van der Waals surface area contributed by atoms with E-state index in [1.54, 1.807) is 42.1 Å². The summed E-state index contributed by atoms with van der Waals surface area (Å²) in [5.41, 5.74) is 1.39. The maximum Gasteiger partial charge on any atom is 0.266 e. The van der Waals surface area contributed by atoms with Gasteiger partial charge in [0.05, 0.1) is 16.9 Å². The summed E-state index contributed by atoms with van der Waals surface area (Å²) < 4.78 is 30.1. The van der Waals surface area contributed by atoms with Crippen molar-refractivity contribution in [2.45, 2.75) is 6.92 Å². The number of nitrogens with zero attached hydrogens (tertiary/aromatic N) is 2. The second-order valence-electron chi connectivity index (χ2n) is 5.79. The Bertz CT molecular complexity index is 1120. The number of halogens is 2. The van der Waals surface area contributed by atoms with Gasteiger partial charge >= 0.3 is 0 Å². The Morgan fingerprint density at radius 3 is 2.77 bits per heavy atom. The molecule has 2 aromatic carbocycles. The van der Waals surface area contributed by atoms with Crippen molar-refractivity contribution in [2.75, 3.05) is 5.32 Å². The summed E-state index contributed by atoms with van der Waals surface area (Å²) in [6.07, 6.45) is 4.69. The third kappa shape index (κ3) is 2.86. The number of aromatic nitrogens is 2. The van der Waals surface area contributed by atoms with Crippen LogP contribution in [-0.4, -0.2) is 15.5 Å². The molecule has 0 unspecified atom stereocenters. The molecule has 4 aromatic rings. The first-order valence-corrected chi connectivity index (χ1v) is 8.62. The monoisotopic (exact) mass is 369 g/mol. The molecular weight excluding hydrogens is 356 g/mol. The number of carbonyl (C=O) groups is 1. The maximum atomic E-state index is 14.3. The summed E-state index contributed by atoms with van der Waals surface area (Å²) in [4.78, 5) is 16.9. The van der Waals surface area contributed by atoms with E-state index in [-0.39, 0.29) is 11.7 Å². The van der Waals surface area contributed by atoms with Gasteiger partial charge in [0.15, 0.2) is 0 Å². The van der Waals surface area contributed by atoms with Gasteiger partial charge in [-0.15, -0.1) is 11.3 Å². The highest BCUT2D eigenvalue weighted by atomic mass is 32.1. The molecule has 26 heavy (non-hydrogen) atoms. The largest absolute Gasteiger partial charge is 0.321 e. The van der Waals surface area contributed by atoms with Gasteiger partial charge in [-0.25, -0.2) is 13.8 Å². The molecule has 0 radical (unpaired) electrons. The fraction of sp³-hybridized carbons (Fsp3) is 0.0526. The lowest BCUT2D eigenvalue weighted by atomic mass is 10.1. The van der Waals surface area contributed by atoms with Gasteiger partial charge < -0.3 is 9.88 Å². The van der Waals surface area contributed by atoms with Crippen molar-refractivity contribution in [2.24, 2.45) is 0 Å². The lowest BCUT2D eigenvalue weighted by Crippen LogP contribution is -2.11. The zero-order chi connectivity index (χ0) is 18.3. The highest BCUT2D eigenvalue weighted by Gasteiger charge is 2.17. The number of imidazole rings is 1. The predicted molar refractivity (Wildman–Crippen MR) is 98.0 cm³/mol. The lowest BCUT2D eigenvalue weighted by molar-refractivity contribution is 0.103. The molecule has 2 aromatic heterocycles. The Hall–Kier alpha value is -3.06. The molecule has 0 spiro atoms. The van der Waals surface area contributed by atoms with Crippen LogP contribution in [0.25, 0.3) is 15.8 Å². The molecule has 0 atom stereocenters. The summed E-state index contributed by atoms with van der Waals surface area (Å²) in [6.45, 7) is 1.77. The third-order valence-corrected chi connectivity index (χ3v) is 5.36. The number of amides is 1. The average molecular weight is 369 g/mol. The van der Waals surface area contributed by atoms with E-state index < -0.39 is 5.82 Å². The average Bonchev–Trinajstić information content (AvgIpc) is 3.24. The van der Waals surface area contributed by atoms with Crippen LogP contribution in [0.1, 0.15) is 15.2 Å². The normalized spacial score (nSPS) is 11.0. The first kappa shape index (κ1) is 16.4. The molecule has 0 saturated carbocycles. The molecule has 7 heteroatoms. The van der Waals surface area contributed by atoms with Crippen molar-refractivity contribution in [3.63, 3.8) is 0 Å². The molecule has 0 bridgehead atoms. The van der Waals surface area contributed by atoms with Gasteiger partial charge in [-0.1, -0.05) is 0 Å². The van der Waals surface area contributed by atoms with E-state index >= 15 is 0 Å². The van der Waals surface area contributed by atoms with Crippen LogP contribution in [0.5, 0.6) is 0 Å². The summed E-state index contributed by atoms with van der Waals surface area (Å²) in [7, 11) is 0. The molecule has 0 aliphatic carbocycles. The Morgan fingerprint density at radius 2 is 2.04 bits per heavy atom. The predicted octanol–water partition coefficient (Wildman–Crippen LogP) is 4.93. The lowest BCUT2D eigenvalue weighted by Gasteiger charge is -2.08. The zero-order valence-electron chi connectivity index (χ0n) is 13.7. The van der Waals surface area contributed by atoms with Crippen molar-refractivity contribution < 1.29 is 13.6 Å². The second-order valence-corrected chi connectivity index (χ2v) is 6.84. The third-order valence-electron chi connectivity index (χ3n) is 4.09. The molecule has 1 N–H and O–H groups in total. The Morgan fingerprint density at radius 1 is 1.19 bits per heavy atom. The number of hydrogen-bond donors (Lipinski definition) is 1. The SMILES string of the molecule is Cc1c(C(=O)Nc2ccc(-n3ccnc3)c(F)c2)sc2ccc(F)cc12. The first-order valence-electron chi connectivity index (χ1n) is 7.81. The van der Waals surface area contributed by atoms with E-state index in [1.165, 1.54) is 35.9 Å². The highest BCUT2D eigenvalue weighted by Crippen LogP contribution is 2.32. The van der Waals surface area contributed by atoms with Crippen molar-refractivity contribution in [1.82, 2.24) is 9.55 Å². The van der Waals surface area contributed by atoms with E-state index in [2.05, 4.69) is 10.3 Å². The van der Waals surface area contributed by atoms with Crippen LogP contribution in [-0.2, 0) is 0 Å². The van der Waals surface area contributed by atoms with Gasteiger partial charge in [-0.05, 0) is 54.3 Å². The van der Waals surface area contributed by atoms with Crippen LogP contribution in [0.2, 0.25) is 0 Å². The molecule has 2 heterocycles. The number of aryl methyl sites for hydroxylation is 1. The van der Waals surface area contributed by atoms with Crippen molar-refractivity contribution >= 4 is 33.0 Å². The minimum Gasteiger partial charge on any atom is -0.321 e. The van der Waals surface area contributed by atoms with Gasteiger partial charge in [-0.3, -0.25) is 4.79 Å². The molecule has 4 nitrogen and oxygen atoms in total. The minimum atomic E-state index is -0.476. The second kappa shape index (κ2) is 6.34. The van der Waals surface area contributed by atoms with Gasteiger partial charge in [0.2, 0.25) is 0 Å². The van der Waals surface area contributed by atoms with E-state index in [0.717, 1.165) is 4.70 Å². The molecule has 130 valence electrons. The van der Waals surface area contributed by atoms with E-state index in [0.29, 0.717) is 27.2 Å². The van der Waals surface area contributed by atoms with Crippen LogP contribution in [0.3, 0.4) is 0 Å². The molecule has 1 amide bonds. The molecule has 0 fully saturated rings. The minimum absolute atomic E-state index is 0.342. The zero-order valence-corrected chi connectivity index (χ0v) is 14.5. The van der Waals surface area contributed by atoms with Crippen molar-refractivity contribution in [3.05, 3.63) is 77.2 Å². The fourth-order valence-electron chi connectivity index (χ4n) is 2.79. The summed E-state index contributed by atoms with van der Waals surface area (Å²) >= 11 is 1.28. The standard InChI is InChI=1S/C19H13F2N3OS/c1-11-14-8-12(20)2-5-17(14)26-18(11)19(25)23-13-3-4-16(15(21)9-13)24-7-6-22-10-24/h2-10H,1H3,(H,23,25). The molecular formula is C19H13F2N3OS. The van der Waals surface area contributed by atoms with Crippen molar-refractivity contribution in [3.8, 4) is 5.69 Å². The highest BCUT2D eigenvalue weighted by molar-refractivity contribution is 7.21. The number of carbonyl (C=O) groups excluding carboxylic acids is 1. The summed E-state index contributed by atoms with van der Waals surface area (Å²) in [6, 6.07) is 8.88. The number of hydrogen-bond acceptors (Lipinski definition) is 3. The van der Waals surface area contributed by atoms with Crippen LogP contribution < -0.4 is 5.32 Å².